The molecule has 0 bridgehead atoms. The molecule has 3 amide bonds. The van der Waals surface area contributed by atoms with Crippen LogP contribution in [0.15, 0.2) is 48.5 Å². The molecule has 0 saturated carbocycles. The quantitative estimate of drug-likeness (QED) is 0.595. The Morgan fingerprint density at radius 1 is 1.03 bits per heavy atom. The topological polar surface area (TPSA) is 96.4 Å². The van der Waals surface area contributed by atoms with Crippen molar-refractivity contribution in [3.63, 3.8) is 0 Å². The molecule has 32 heavy (non-hydrogen) atoms. The zero-order valence-corrected chi connectivity index (χ0v) is 18.8. The Morgan fingerprint density at radius 2 is 1.72 bits per heavy atom. The van der Waals surface area contributed by atoms with E-state index in [4.69, 9.17) is 4.74 Å². The van der Waals surface area contributed by atoms with E-state index >= 15 is 0 Å². The largest absolute Gasteiger partial charge is 0.497 e. The first-order valence-electron chi connectivity index (χ1n) is 10.4. The molecule has 166 valence electrons. The highest BCUT2D eigenvalue weighted by Crippen LogP contribution is 2.30. The highest BCUT2D eigenvalue weighted by atomic mass is 32.1. The molecule has 0 spiro atoms. The van der Waals surface area contributed by atoms with Crippen molar-refractivity contribution >= 4 is 34.6 Å². The molecule has 3 aromatic rings. The van der Waals surface area contributed by atoms with Gasteiger partial charge in [-0.1, -0.05) is 29.0 Å². The maximum atomic E-state index is 12.7. The minimum atomic E-state index is -0.275. The molecular weight excluding hydrogens is 426 g/mol. The minimum absolute atomic E-state index is 0.0591. The second-order valence-corrected chi connectivity index (χ2v) is 8.72. The summed E-state index contributed by atoms with van der Waals surface area (Å²) in [6.45, 7) is 3.21. The van der Waals surface area contributed by atoms with E-state index in [2.05, 4.69) is 20.8 Å². The van der Waals surface area contributed by atoms with E-state index in [0.717, 1.165) is 34.8 Å². The van der Waals surface area contributed by atoms with Crippen LogP contribution < -0.4 is 15.4 Å². The van der Waals surface area contributed by atoms with Crippen molar-refractivity contribution in [2.45, 2.75) is 25.7 Å². The highest BCUT2D eigenvalue weighted by Gasteiger charge is 2.28. The molecule has 1 unspecified atom stereocenters. The normalized spacial score (nSPS) is 15.8. The second kappa shape index (κ2) is 9.78. The van der Waals surface area contributed by atoms with Gasteiger partial charge in [0.15, 0.2) is 0 Å². The number of ether oxygens (including phenoxy) is 1. The summed E-state index contributed by atoms with van der Waals surface area (Å²) in [7, 11) is 1.60. The molecule has 1 aliphatic rings. The molecule has 2 N–H and O–H groups in total. The number of carbonyl (C=O) groups is 2. The summed E-state index contributed by atoms with van der Waals surface area (Å²) < 4.78 is 5.15. The van der Waals surface area contributed by atoms with Crippen LogP contribution in [-0.2, 0) is 0 Å². The number of hydrogen-bond acceptors (Lipinski definition) is 6. The van der Waals surface area contributed by atoms with Crippen LogP contribution in [0.1, 0.15) is 39.1 Å². The number of nitrogens with one attached hydrogen (secondary N) is 2. The molecule has 1 atom stereocenters. The summed E-state index contributed by atoms with van der Waals surface area (Å²) in [6.07, 6.45) is 1.77. The third-order valence-electron chi connectivity index (χ3n) is 5.34. The predicted octanol–water partition coefficient (Wildman–Crippen LogP) is 4.52. The van der Waals surface area contributed by atoms with Gasteiger partial charge in [0.1, 0.15) is 10.8 Å². The number of amides is 3. The molecule has 0 radical (unpaired) electrons. The van der Waals surface area contributed by atoms with Gasteiger partial charge >= 0.3 is 6.03 Å². The van der Waals surface area contributed by atoms with E-state index in [1.54, 1.807) is 24.1 Å². The van der Waals surface area contributed by atoms with Gasteiger partial charge in [0, 0.05) is 30.4 Å². The number of aromatic nitrogens is 2. The molecular formula is C23H25N5O3S. The maximum absolute atomic E-state index is 12.7. The smallest absolute Gasteiger partial charge is 0.321 e. The number of hydrogen-bond donors (Lipinski definition) is 2. The minimum Gasteiger partial charge on any atom is -0.497 e. The number of nitrogens with zero attached hydrogens (tertiary/aromatic N) is 3. The first-order chi connectivity index (χ1) is 15.5. The third kappa shape index (κ3) is 5.23. The average molecular weight is 452 g/mol. The van der Waals surface area contributed by atoms with Crippen molar-refractivity contribution in [3.8, 4) is 5.75 Å². The lowest BCUT2D eigenvalue weighted by Gasteiger charge is -2.31. The van der Waals surface area contributed by atoms with Crippen LogP contribution in [0.4, 0.5) is 16.2 Å². The van der Waals surface area contributed by atoms with Crippen molar-refractivity contribution in [1.29, 1.82) is 0 Å². The van der Waals surface area contributed by atoms with Crippen molar-refractivity contribution < 1.29 is 14.3 Å². The van der Waals surface area contributed by atoms with Crippen LogP contribution in [0, 0.1) is 6.92 Å². The second-order valence-electron chi connectivity index (χ2n) is 7.71. The Kier molecular flexibility index (Phi) is 6.65. The highest BCUT2D eigenvalue weighted by molar-refractivity contribution is 7.13. The maximum Gasteiger partial charge on any atom is 0.321 e. The van der Waals surface area contributed by atoms with Crippen molar-refractivity contribution in [2.24, 2.45) is 0 Å². The molecule has 2 heterocycles. The molecule has 1 aliphatic heterocycles. The van der Waals surface area contributed by atoms with Gasteiger partial charge in [-0.3, -0.25) is 4.79 Å². The van der Waals surface area contributed by atoms with Crippen LogP contribution >= 0.6 is 11.3 Å². The van der Waals surface area contributed by atoms with E-state index in [-0.39, 0.29) is 17.9 Å². The molecule has 0 aliphatic carbocycles. The van der Waals surface area contributed by atoms with Crippen LogP contribution in [0.5, 0.6) is 5.75 Å². The molecule has 9 heteroatoms. The van der Waals surface area contributed by atoms with Gasteiger partial charge in [-0.05, 0) is 56.2 Å². The molecule has 1 saturated heterocycles. The fraction of sp³-hybridized carbons (Fsp3) is 0.304. The van der Waals surface area contributed by atoms with Crippen LogP contribution in [0.25, 0.3) is 0 Å². The van der Waals surface area contributed by atoms with Crippen LogP contribution in [0.2, 0.25) is 0 Å². The summed E-state index contributed by atoms with van der Waals surface area (Å²) in [4.78, 5) is 27.0. The van der Waals surface area contributed by atoms with Gasteiger partial charge in [0.05, 0.1) is 7.11 Å². The van der Waals surface area contributed by atoms with Gasteiger partial charge < -0.3 is 20.3 Å². The standard InChI is InChI=1S/C23H25N5O3S/c1-15-5-7-17(8-6-15)24-20(29)22-27-26-21(32-22)16-4-3-13-28(14-16)23(30)25-18-9-11-19(31-2)12-10-18/h5-12,16H,3-4,13-14H2,1-2H3,(H,24,29)(H,25,30). The Bertz CT molecular complexity index is 1080. The van der Waals surface area contributed by atoms with Crippen molar-refractivity contribution in [1.82, 2.24) is 15.1 Å². The summed E-state index contributed by atoms with van der Waals surface area (Å²) in [5.41, 5.74) is 2.55. The molecule has 4 rings (SSSR count). The Hall–Kier alpha value is -3.46. The summed E-state index contributed by atoms with van der Waals surface area (Å²) in [5.74, 6) is 0.519. The number of benzene rings is 2. The van der Waals surface area contributed by atoms with E-state index in [1.807, 2.05) is 43.3 Å². The van der Waals surface area contributed by atoms with E-state index < -0.39 is 0 Å². The number of urea groups is 1. The Labute approximate surface area is 190 Å². The van der Waals surface area contributed by atoms with Gasteiger partial charge in [0.25, 0.3) is 5.91 Å². The average Bonchev–Trinajstić information content (AvgIpc) is 3.32. The van der Waals surface area contributed by atoms with Gasteiger partial charge in [-0.25, -0.2) is 4.79 Å². The van der Waals surface area contributed by atoms with Crippen molar-refractivity contribution in [3.05, 3.63) is 64.1 Å². The fourth-order valence-corrected chi connectivity index (χ4v) is 4.42. The van der Waals surface area contributed by atoms with Crippen LogP contribution in [0.3, 0.4) is 0 Å². The van der Waals surface area contributed by atoms with Crippen LogP contribution in [-0.4, -0.2) is 47.2 Å². The monoisotopic (exact) mass is 451 g/mol. The van der Waals surface area contributed by atoms with Gasteiger partial charge in [-0.15, -0.1) is 10.2 Å². The van der Waals surface area contributed by atoms with E-state index in [9.17, 15) is 9.59 Å². The first-order valence-corrected chi connectivity index (χ1v) is 11.2. The summed E-state index contributed by atoms with van der Waals surface area (Å²) in [6, 6.07) is 14.7. The Morgan fingerprint density at radius 3 is 2.44 bits per heavy atom. The first kappa shape index (κ1) is 21.8. The number of rotatable bonds is 5. The zero-order valence-electron chi connectivity index (χ0n) is 18.0. The number of piperidine rings is 1. The van der Waals surface area contributed by atoms with E-state index in [0.29, 0.717) is 23.8 Å². The number of likely N-dealkylation sites (tertiary alicyclic amines) is 1. The number of methoxy groups -OCH3 is 1. The van der Waals surface area contributed by atoms with Gasteiger partial charge in [-0.2, -0.15) is 0 Å². The van der Waals surface area contributed by atoms with Crippen molar-refractivity contribution in [2.75, 3.05) is 30.8 Å². The van der Waals surface area contributed by atoms with Gasteiger partial charge in [0.2, 0.25) is 5.01 Å². The predicted molar refractivity (Wildman–Crippen MR) is 125 cm³/mol. The number of carbonyl (C=O) groups excluding carboxylic acids is 2. The lowest BCUT2D eigenvalue weighted by atomic mass is 9.99. The number of anilines is 2. The molecule has 1 fully saturated rings. The SMILES string of the molecule is COc1ccc(NC(=O)N2CCCC(c3nnc(C(=O)Nc4ccc(C)cc4)s3)C2)cc1. The lowest BCUT2D eigenvalue weighted by Crippen LogP contribution is -2.41. The summed E-state index contributed by atoms with van der Waals surface area (Å²) in [5, 5.41) is 15.2. The van der Waals surface area contributed by atoms with E-state index in [1.165, 1.54) is 11.3 Å². The number of aryl methyl sites for hydroxylation is 1. The third-order valence-corrected chi connectivity index (χ3v) is 6.43. The Balaban J connectivity index is 1.36. The molecule has 8 nitrogen and oxygen atoms in total. The summed E-state index contributed by atoms with van der Waals surface area (Å²) >= 11 is 1.29. The molecule has 2 aromatic carbocycles. The molecule has 1 aromatic heterocycles. The zero-order chi connectivity index (χ0) is 22.5. The fourth-order valence-electron chi connectivity index (χ4n) is 3.55. The lowest BCUT2D eigenvalue weighted by molar-refractivity contribution is 0.102.